The summed E-state index contributed by atoms with van der Waals surface area (Å²) in [6.07, 6.45) is 1.69. The van der Waals surface area contributed by atoms with Crippen LogP contribution in [0.15, 0.2) is 64.6 Å². The van der Waals surface area contributed by atoms with Crippen LogP contribution >= 0.6 is 23.6 Å². The Morgan fingerprint density at radius 2 is 2.00 bits per heavy atom. The minimum absolute atomic E-state index is 0.641. The first-order chi connectivity index (χ1) is 11.2. The number of nitrogens with one attached hydrogen (secondary N) is 1. The lowest BCUT2D eigenvalue weighted by Crippen LogP contribution is -2.33. The van der Waals surface area contributed by atoms with Crippen molar-refractivity contribution in [2.24, 2.45) is 0 Å². The Labute approximate surface area is 145 Å². The molecule has 2 aromatic heterocycles. The molecule has 0 amide bonds. The first-order valence-corrected chi connectivity index (χ1v) is 8.67. The molecule has 3 nitrogen and oxygen atoms in total. The van der Waals surface area contributed by atoms with Gasteiger partial charge in [-0.05, 0) is 54.4 Å². The van der Waals surface area contributed by atoms with Crippen molar-refractivity contribution in [3.8, 4) is 0 Å². The van der Waals surface area contributed by atoms with Crippen molar-refractivity contribution in [2.75, 3.05) is 5.32 Å². The number of anilines is 1. The number of benzene rings is 1. The number of hydrogen-bond donors (Lipinski definition) is 1. The third-order valence-electron chi connectivity index (χ3n) is 3.53. The quantitative estimate of drug-likeness (QED) is 0.657. The van der Waals surface area contributed by atoms with Crippen LogP contribution in [0.5, 0.6) is 0 Å². The molecule has 1 aromatic carbocycles. The molecule has 5 heteroatoms. The molecule has 0 saturated carbocycles. The second-order valence-corrected chi connectivity index (χ2v) is 6.68. The Morgan fingerprint density at radius 3 is 2.70 bits per heavy atom. The summed E-state index contributed by atoms with van der Waals surface area (Å²) in [7, 11) is 0. The molecule has 118 valence electrons. The van der Waals surface area contributed by atoms with Gasteiger partial charge in [-0.3, -0.25) is 0 Å². The Morgan fingerprint density at radius 1 is 1.13 bits per heavy atom. The van der Waals surface area contributed by atoms with Gasteiger partial charge < -0.3 is 14.6 Å². The van der Waals surface area contributed by atoms with Crippen molar-refractivity contribution >= 4 is 34.4 Å². The van der Waals surface area contributed by atoms with Crippen molar-refractivity contribution in [3.63, 3.8) is 0 Å². The standard InChI is InChI=1S/C18H18N2OS2/c1-14-6-2-3-9-17(14)19-18(22)20(12-15-7-4-10-21-15)13-16-8-5-11-23-16/h2-11H,12-13H2,1H3,(H,19,22). The van der Waals surface area contributed by atoms with E-state index in [0.717, 1.165) is 18.0 Å². The molecule has 0 aliphatic heterocycles. The van der Waals surface area contributed by atoms with Gasteiger partial charge in [-0.15, -0.1) is 11.3 Å². The summed E-state index contributed by atoms with van der Waals surface area (Å²) >= 11 is 7.37. The fourth-order valence-corrected chi connectivity index (χ4v) is 3.25. The van der Waals surface area contributed by atoms with Crippen LogP contribution in [0.3, 0.4) is 0 Å². The van der Waals surface area contributed by atoms with Gasteiger partial charge in [0.2, 0.25) is 0 Å². The highest BCUT2D eigenvalue weighted by Crippen LogP contribution is 2.18. The highest BCUT2D eigenvalue weighted by atomic mass is 32.1. The molecule has 0 fully saturated rings. The van der Waals surface area contributed by atoms with E-state index in [9.17, 15) is 0 Å². The smallest absolute Gasteiger partial charge is 0.174 e. The predicted molar refractivity (Wildman–Crippen MR) is 99.7 cm³/mol. The van der Waals surface area contributed by atoms with Gasteiger partial charge in [-0.25, -0.2) is 0 Å². The average Bonchev–Trinajstić information content (AvgIpc) is 3.22. The Hall–Kier alpha value is -2.11. The summed E-state index contributed by atoms with van der Waals surface area (Å²) in [6.45, 7) is 3.47. The van der Waals surface area contributed by atoms with E-state index in [4.69, 9.17) is 16.6 Å². The molecular formula is C18H18N2OS2. The maximum Gasteiger partial charge on any atom is 0.174 e. The van der Waals surface area contributed by atoms with Crippen molar-refractivity contribution in [2.45, 2.75) is 20.0 Å². The zero-order valence-electron chi connectivity index (χ0n) is 12.9. The monoisotopic (exact) mass is 342 g/mol. The lowest BCUT2D eigenvalue weighted by Gasteiger charge is -2.25. The zero-order valence-corrected chi connectivity index (χ0v) is 14.5. The number of thiophene rings is 1. The van der Waals surface area contributed by atoms with Crippen LogP contribution in [0.25, 0.3) is 0 Å². The third kappa shape index (κ3) is 4.21. The van der Waals surface area contributed by atoms with Gasteiger partial charge >= 0.3 is 0 Å². The minimum Gasteiger partial charge on any atom is -0.467 e. The molecule has 2 heterocycles. The van der Waals surface area contributed by atoms with Crippen LogP contribution in [0.4, 0.5) is 5.69 Å². The number of para-hydroxylation sites is 1. The van der Waals surface area contributed by atoms with Crippen LogP contribution in [-0.4, -0.2) is 10.0 Å². The molecule has 23 heavy (non-hydrogen) atoms. The zero-order chi connectivity index (χ0) is 16.1. The highest BCUT2D eigenvalue weighted by molar-refractivity contribution is 7.80. The predicted octanol–water partition coefficient (Wildman–Crippen LogP) is 5.05. The number of aryl methyl sites for hydroxylation is 1. The lowest BCUT2D eigenvalue weighted by molar-refractivity contribution is 0.362. The second-order valence-electron chi connectivity index (χ2n) is 5.26. The van der Waals surface area contributed by atoms with Crippen LogP contribution in [0.1, 0.15) is 16.2 Å². The summed E-state index contributed by atoms with van der Waals surface area (Å²) < 4.78 is 5.48. The highest BCUT2D eigenvalue weighted by Gasteiger charge is 2.14. The first kappa shape index (κ1) is 15.8. The molecule has 0 atom stereocenters. The molecular weight excluding hydrogens is 324 g/mol. The molecule has 0 saturated heterocycles. The number of furan rings is 1. The van der Waals surface area contributed by atoms with E-state index >= 15 is 0 Å². The van der Waals surface area contributed by atoms with Gasteiger partial charge in [-0.1, -0.05) is 24.3 Å². The fraction of sp³-hybridized carbons (Fsp3) is 0.167. The summed E-state index contributed by atoms with van der Waals surface area (Å²) in [4.78, 5) is 3.39. The van der Waals surface area contributed by atoms with E-state index in [1.165, 1.54) is 10.4 Å². The van der Waals surface area contributed by atoms with Gasteiger partial charge in [0.1, 0.15) is 5.76 Å². The van der Waals surface area contributed by atoms with Crippen molar-refractivity contribution in [1.82, 2.24) is 4.90 Å². The molecule has 0 aliphatic rings. The minimum atomic E-state index is 0.641. The molecule has 3 rings (SSSR count). The second kappa shape index (κ2) is 7.44. The Kier molecular flexibility index (Phi) is 5.10. The molecule has 0 unspecified atom stereocenters. The summed E-state index contributed by atoms with van der Waals surface area (Å²) in [5.41, 5.74) is 2.21. The number of nitrogens with zero attached hydrogens (tertiary/aromatic N) is 1. The van der Waals surface area contributed by atoms with E-state index in [1.54, 1.807) is 17.6 Å². The van der Waals surface area contributed by atoms with E-state index in [2.05, 4.69) is 40.7 Å². The van der Waals surface area contributed by atoms with Gasteiger partial charge in [0.25, 0.3) is 0 Å². The largest absolute Gasteiger partial charge is 0.467 e. The van der Waals surface area contributed by atoms with E-state index in [0.29, 0.717) is 11.7 Å². The molecule has 0 spiro atoms. The van der Waals surface area contributed by atoms with Crippen molar-refractivity contribution in [3.05, 3.63) is 76.4 Å². The maximum atomic E-state index is 5.64. The van der Waals surface area contributed by atoms with E-state index < -0.39 is 0 Å². The number of thiocarbonyl (C=S) groups is 1. The third-order valence-corrected chi connectivity index (χ3v) is 4.75. The molecule has 0 bridgehead atoms. The topological polar surface area (TPSA) is 28.4 Å². The first-order valence-electron chi connectivity index (χ1n) is 7.38. The Bertz CT molecular complexity index is 715. The molecule has 0 radical (unpaired) electrons. The van der Waals surface area contributed by atoms with Gasteiger partial charge in [0.15, 0.2) is 5.11 Å². The van der Waals surface area contributed by atoms with Crippen LogP contribution in [0, 0.1) is 6.92 Å². The van der Waals surface area contributed by atoms with Gasteiger partial charge in [0, 0.05) is 10.6 Å². The van der Waals surface area contributed by atoms with Gasteiger partial charge in [-0.2, -0.15) is 0 Å². The van der Waals surface area contributed by atoms with E-state index in [-0.39, 0.29) is 0 Å². The summed E-state index contributed by atoms with van der Waals surface area (Å²) in [5.74, 6) is 0.899. The summed E-state index contributed by atoms with van der Waals surface area (Å²) in [6, 6.07) is 16.2. The average molecular weight is 342 g/mol. The fourth-order valence-electron chi connectivity index (χ4n) is 2.29. The number of hydrogen-bond acceptors (Lipinski definition) is 3. The van der Waals surface area contributed by atoms with Gasteiger partial charge in [0.05, 0.1) is 19.4 Å². The van der Waals surface area contributed by atoms with Crippen LogP contribution in [-0.2, 0) is 13.1 Å². The summed E-state index contributed by atoms with van der Waals surface area (Å²) in [5, 5.41) is 6.14. The molecule has 1 N–H and O–H groups in total. The molecule has 0 aliphatic carbocycles. The van der Waals surface area contributed by atoms with Crippen LogP contribution < -0.4 is 5.32 Å². The SMILES string of the molecule is Cc1ccccc1NC(=S)N(Cc1ccco1)Cc1cccs1. The lowest BCUT2D eigenvalue weighted by atomic mass is 10.2. The number of rotatable bonds is 5. The van der Waals surface area contributed by atoms with Crippen LogP contribution in [0.2, 0.25) is 0 Å². The van der Waals surface area contributed by atoms with Crippen molar-refractivity contribution < 1.29 is 4.42 Å². The molecule has 3 aromatic rings. The van der Waals surface area contributed by atoms with Crippen molar-refractivity contribution in [1.29, 1.82) is 0 Å². The maximum absolute atomic E-state index is 5.64. The van der Waals surface area contributed by atoms with E-state index in [1.807, 2.05) is 30.3 Å². The Balaban J connectivity index is 1.76. The normalized spacial score (nSPS) is 10.5.